The van der Waals surface area contributed by atoms with Gasteiger partial charge in [0, 0.05) is 69.6 Å². The van der Waals surface area contributed by atoms with E-state index >= 15 is 0 Å². The molecule has 5 rings (SSSR count). The van der Waals surface area contributed by atoms with E-state index in [1.807, 2.05) is 12.1 Å². The SMILES string of the molecule is COc1ccc(F)cc1C1=CCCN(C(=O)C=Cc2cnc3c(c2)CN2CCN(C(C)=O)CC2C(=O)N3)CC1. The number of anilines is 1. The lowest BCUT2D eigenvalue weighted by molar-refractivity contribution is -0.134. The van der Waals surface area contributed by atoms with Crippen molar-refractivity contribution in [2.24, 2.45) is 0 Å². The van der Waals surface area contributed by atoms with Gasteiger partial charge in [0.05, 0.1) is 7.11 Å². The Hall–Kier alpha value is -4.05. The minimum Gasteiger partial charge on any atom is -0.496 e. The molecule has 1 aromatic heterocycles. The van der Waals surface area contributed by atoms with E-state index < -0.39 is 6.04 Å². The van der Waals surface area contributed by atoms with Gasteiger partial charge in [0.1, 0.15) is 23.4 Å². The number of carbonyl (C=O) groups is 3. The van der Waals surface area contributed by atoms with Crippen LogP contribution in [0.3, 0.4) is 0 Å². The molecule has 3 aliphatic rings. The summed E-state index contributed by atoms with van der Waals surface area (Å²) in [5.41, 5.74) is 3.31. The molecule has 204 valence electrons. The molecule has 1 fully saturated rings. The van der Waals surface area contributed by atoms with Gasteiger partial charge in [0.25, 0.3) is 0 Å². The third-order valence-electron chi connectivity index (χ3n) is 7.52. The summed E-state index contributed by atoms with van der Waals surface area (Å²) in [6, 6.07) is 5.98. The van der Waals surface area contributed by atoms with Gasteiger partial charge in [-0.2, -0.15) is 0 Å². The van der Waals surface area contributed by atoms with E-state index in [2.05, 4.69) is 15.2 Å². The number of aromatic nitrogens is 1. The van der Waals surface area contributed by atoms with Crippen LogP contribution in [0.4, 0.5) is 10.2 Å². The highest BCUT2D eigenvalue weighted by atomic mass is 19.1. The molecular formula is C29H32FN5O4. The first-order chi connectivity index (χ1) is 18.8. The quantitative estimate of drug-likeness (QED) is 0.608. The maximum absolute atomic E-state index is 13.9. The van der Waals surface area contributed by atoms with E-state index in [0.717, 1.165) is 22.3 Å². The Labute approximate surface area is 226 Å². The first-order valence-corrected chi connectivity index (χ1v) is 13.1. The molecule has 3 aliphatic heterocycles. The number of ether oxygens (including phenoxy) is 1. The number of fused-ring (bicyclic) bond motifs is 2. The maximum atomic E-state index is 13.9. The van der Waals surface area contributed by atoms with Gasteiger partial charge in [-0.3, -0.25) is 19.3 Å². The Morgan fingerprint density at radius 2 is 2.00 bits per heavy atom. The predicted octanol–water partition coefficient (Wildman–Crippen LogP) is 2.93. The highest BCUT2D eigenvalue weighted by molar-refractivity contribution is 5.96. The van der Waals surface area contributed by atoms with Crippen LogP contribution < -0.4 is 10.1 Å². The van der Waals surface area contributed by atoms with E-state index in [9.17, 15) is 18.8 Å². The molecule has 39 heavy (non-hydrogen) atoms. The fourth-order valence-corrected chi connectivity index (χ4v) is 5.35. The van der Waals surface area contributed by atoms with Crippen molar-refractivity contribution in [3.63, 3.8) is 0 Å². The molecule has 0 spiro atoms. The number of rotatable bonds is 4. The molecule has 0 bridgehead atoms. The summed E-state index contributed by atoms with van der Waals surface area (Å²) in [5, 5.41) is 2.89. The first-order valence-electron chi connectivity index (χ1n) is 13.1. The number of piperazine rings is 1. The number of hydrogen-bond acceptors (Lipinski definition) is 6. The smallest absolute Gasteiger partial charge is 0.246 e. The van der Waals surface area contributed by atoms with E-state index in [1.165, 1.54) is 19.1 Å². The zero-order valence-electron chi connectivity index (χ0n) is 22.2. The first kappa shape index (κ1) is 26.6. The average molecular weight is 534 g/mol. The Morgan fingerprint density at radius 1 is 1.15 bits per heavy atom. The minimum atomic E-state index is -0.425. The number of nitrogens with zero attached hydrogens (tertiary/aromatic N) is 4. The van der Waals surface area contributed by atoms with E-state index in [-0.39, 0.29) is 23.5 Å². The molecule has 0 radical (unpaired) electrons. The van der Waals surface area contributed by atoms with Gasteiger partial charge >= 0.3 is 0 Å². The number of amides is 3. The maximum Gasteiger partial charge on any atom is 0.246 e. The van der Waals surface area contributed by atoms with Crippen LogP contribution in [0.2, 0.25) is 0 Å². The van der Waals surface area contributed by atoms with Crippen molar-refractivity contribution >= 4 is 35.2 Å². The lowest BCUT2D eigenvalue weighted by Gasteiger charge is -2.38. The molecule has 1 N–H and O–H groups in total. The van der Waals surface area contributed by atoms with Crippen molar-refractivity contribution in [3.05, 3.63) is 65.1 Å². The Balaban J connectivity index is 1.24. The monoisotopic (exact) mass is 533 g/mol. The van der Waals surface area contributed by atoms with E-state index in [0.29, 0.717) is 63.7 Å². The molecule has 0 aliphatic carbocycles. The van der Waals surface area contributed by atoms with Crippen molar-refractivity contribution in [3.8, 4) is 5.75 Å². The van der Waals surface area contributed by atoms with E-state index in [4.69, 9.17) is 4.74 Å². The minimum absolute atomic E-state index is 0.0375. The fourth-order valence-electron chi connectivity index (χ4n) is 5.35. The molecule has 2 aromatic rings. The van der Waals surface area contributed by atoms with Gasteiger partial charge in [-0.25, -0.2) is 9.37 Å². The van der Waals surface area contributed by atoms with Crippen LogP contribution in [0, 0.1) is 5.82 Å². The zero-order valence-corrected chi connectivity index (χ0v) is 22.2. The molecule has 4 heterocycles. The molecule has 1 atom stereocenters. The van der Waals surface area contributed by atoms with Crippen LogP contribution in [0.1, 0.15) is 36.5 Å². The highest BCUT2D eigenvalue weighted by Crippen LogP contribution is 2.31. The van der Waals surface area contributed by atoms with Gasteiger partial charge < -0.3 is 19.9 Å². The van der Waals surface area contributed by atoms with Crippen molar-refractivity contribution in [2.75, 3.05) is 45.2 Å². The molecule has 3 amide bonds. The van der Waals surface area contributed by atoms with Crippen LogP contribution in [0.15, 0.2) is 42.6 Å². The standard InChI is InChI=1S/C29H32FN5O4/c1-19(36)34-12-13-35-17-22-14-20(16-31-28(22)32-29(38)25(35)18-34)5-8-27(37)33-10-3-4-21(9-11-33)24-15-23(30)6-7-26(24)39-2/h4-8,14-16,25H,3,9-13,17-18H2,1-2H3,(H,31,32,38). The molecule has 9 nitrogen and oxygen atoms in total. The Kier molecular flexibility index (Phi) is 7.74. The molecule has 0 saturated carbocycles. The van der Waals surface area contributed by atoms with Crippen LogP contribution in [0.25, 0.3) is 11.6 Å². The van der Waals surface area contributed by atoms with Gasteiger partial charge in [0.15, 0.2) is 0 Å². The van der Waals surface area contributed by atoms with Gasteiger partial charge in [-0.05, 0) is 54.3 Å². The summed E-state index contributed by atoms with van der Waals surface area (Å²) >= 11 is 0. The Morgan fingerprint density at radius 3 is 2.79 bits per heavy atom. The zero-order chi connectivity index (χ0) is 27.5. The number of benzene rings is 1. The number of nitrogens with one attached hydrogen (secondary N) is 1. The summed E-state index contributed by atoms with van der Waals surface area (Å²) in [5.74, 6) is 0.474. The number of carbonyl (C=O) groups excluding carboxylic acids is 3. The van der Waals surface area contributed by atoms with Crippen LogP contribution in [-0.4, -0.2) is 83.3 Å². The Bertz CT molecular complexity index is 1360. The average Bonchev–Trinajstić information content (AvgIpc) is 3.26. The molecular weight excluding hydrogens is 501 g/mol. The topological polar surface area (TPSA) is 95.1 Å². The van der Waals surface area contributed by atoms with Crippen LogP contribution in [-0.2, 0) is 20.9 Å². The lowest BCUT2D eigenvalue weighted by atomic mass is 10.0. The third-order valence-corrected chi connectivity index (χ3v) is 7.52. The molecule has 10 heteroatoms. The number of pyridine rings is 1. The van der Waals surface area contributed by atoms with Crippen LogP contribution in [0.5, 0.6) is 5.75 Å². The molecule has 1 aromatic carbocycles. The largest absolute Gasteiger partial charge is 0.496 e. The number of halogens is 1. The van der Waals surface area contributed by atoms with Crippen LogP contribution >= 0.6 is 0 Å². The molecule has 1 saturated heterocycles. The molecule has 1 unspecified atom stereocenters. The third kappa shape index (κ3) is 5.85. The number of methoxy groups -OCH3 is 1. The number of hydrogen-bond donors (Lipinski definition) is 1. The van der Waals surface area contributed by atoms with Gasteiger partial charge in [0.2, 0.25) is 17.7 Å². The second kappa shape index (κ2) is 11.4. The van der Waals surface area contributed by atoms with Gasteiger partial charge in [-0.15, -0.1) is 0 Å². The van der Waals surface area contributed by atoms with Crippen molar-refractivity contribution in [1.29, 1.82) is 0 Å². The summed E-state index contributed by atoms with van der Waals surface area (Å²) < 4.78 is 19.3. The predicted molar refractivity (Wildman–Crippen MR) is 145 cm³/mol. The second-order valence-corrected chi connectivity index (χ2v) is 9.99. The summed E-state index contributed by atoms with van der Waals surface area (Å²) in [6.07, 6.45) is 8.21. The second-order valence-electron chi connectivity index (χ2n) is 9.99. The summed E-state index contributed by atoms with van der Waals surface area (Å²) in [6.45, 7) is 4.65. The fraction of sp³-hybridized carbons (Fsp3) is 0.379. The van der Waals surface area contributed by atoms with E-state index in [1.54, 1.807) is 41.3 Å². The van der Waals surface area contributed by atoms with Gasteiger partial charge in [-0.1, -0.05) is 6.08 Å². The normalized spacial score (nSPS) is 19.9. The summed E-state index contributed by atoms with van der Waals surface area (Å²) in [7, 11) is 1.56. The van der Waals surface area contributed by atoms with Crippen molar-refractivity contribution < 1.29 is 23.5 Å². The highest BCUT2D eigenvalue weighted by Gasteiger charge is 2.36. The van der Waals surface area contributed by atoms with Crippen molar-refractivity contribution in [2.45, 2.75) is 32.4 Å². The van der Waals surface area contributed by atoms with Crippen molar-refractivity contribution in [1.82, 2.24) is 19.7 Å². The lowest BCUT2D eigenvalue weighted by Crippen LogP contribution is -2.57. The summed E-state index contributed by atoms with van der Waals surface area (Å²) in [4.78, 5) is 47.6.